The van der Waals surface area contributed by atoms with E-state index in [1.54, 1.807) is 18.3 Å². The van der Waals surface area contributed by atoms with Crippen molar-refractivity contribution in [2.45, 2.75) is 26.4 Å². The van der Waals surface area contributed by atoms with Gasteiger partial charge >= 0.3 is 0 Å². The normalized spacial score (nSPS) is 10.4. The number of nitrogens with zero attached hydrogens (tertiary/aromatic N) is 1. The van der Waals surface area contributed by atoms with Crippen LogP contribution < -0.4 is 10.1 Å². The van der Waals surface area contributed by atoms with E-state index >= 15 is 0 Å². The fourth-order valence-electron chi connectivity index (χ4n) is 2.66. The highest BCUT2D eigenvalue weighted by molar-refractivity contribution is 5.91. The summed E-state index contributed by atoms with van der Waals surface area (Å²) in [5, 5.41) is 2.92. The first-order valence-corrected chi connectivity index (χ1v) is 8.78. The highest BCUT2D eigenvalue weighted by atomic mass is 19.1. The molecule has 0 fully saturated rings. The van der Waals surface area contributed by atoms with Crippen LogP contribution in [-0.4, -0.2) is 10.9 Å². The van der Waals surface area contributed by atoms with Gasteiger partial charge in [-0.2, -0.15) is 0 Å². The topological polar surface area (TPSA) is 51.2 Å². The van der Waals surface area contributed by atoms with Gasteiger partial charge in [-0.25, -0.2) is 4.39 Å². The molecular formula is C22H21FN2O2. The van der Waals surface area contributed by atoms with E-state index in [1.807, 2.05) is 43.3 Å². The monoisotopic (exact) mass is 364 g/mol. The average Bonchev–Trinajstić information content (AvgIpc) is 2.67. The van der Waals surface area contributed by atoms with Crippen LogP contribution in [-0.2, 0) is 17.8 Å². The van der Waals surface area contributed by atoms with Gasteiger partial charge in [-0.05, 0) is 66.9 Å². The van der Waals surface area contributed by atoms with Gasteiger partial charge in [-0.1, -0.05) is 18.2 Å². The largest absolute Gasteiger partial charge is 0.489 e. The van der Waals surface area contributed by atoms with E-state index in [0.717, 1.165) is 22.5 Å². The van der Waals surface area contributed by atoms with Crippen LogP contribution in [0, 0.1) is 12.7 Å². The Bertz CT molecular complexity index is 913. The summed E-state index contributed by atoms with van der Waals surface area (Å²) in [5.74, 6) is 0.330. The number of anilines is 1. The summed E-state index contributed by atoms with van der Waals surface area (Å²) >= 11 is 0. The van der Waals surface area contributed by atoms with Gasteiger partial charge in [-0.3, -0.25) is 9.78 Å². The molecule has 0 saturated carbocycles. The zero-order chi connectivity index (χ0) is 19.1. The number of aromatic nitrogens is 1. The molecule has 3 rings (SSSR count). The van der Waals surface area contributed by atoms with Crippen LogP contribution in [0.4, 0.5) is 10.1 Å². The molecule has 0 saturated heterocycles. The number of aryl methyl sites for hydroxylation is 2. The lowest BCUT2D eigenvalue weighted by Gasteiger charge is -2.11. The molecule has 0 aliphatic heterocycles. The van der Waals surface area contributed by atoms with Crippen molar-refractivity contribution < 1.29 is 13.9 Å². The Kier molecular flexibility index (Phi) is 6.15. The van der Waals surface area contributed by atoms with Crippen molar-refractivity contribution >= 4 is 11.6 Å². The summed E-state index contributed by atoms with van der Waals surface area (Å²) in [7, 11) is 0. The van der Waals surface area contributed by atoms with Gasteiger partial charge < -0.3 is 10.1 Å². The number of ether oxygens (including phenoxy) is 1. The highest BCUT2D eigenvalue weighted by Crippen LogP contribution is 2.22. The second kappa shape index (κ2) is 8.94. The Morgan fingerprint density at radius 1 is 1.11 bits per heavy atom. The van der Waals surface area contributed by atoms with Crippen molar-refractivity contribution in [3.8, 4) is 5.75 Å². The number of carbonyl (C=O) groups excluding carboxylic acids is 1. The van der Waals surface area contributed by atoms with Crippen LogP contribution in [0.15, 0.2) is 66.9 Å². The molecular weight excluding hydrogens is 343 g/mol. The molecule has 1 amide bonds. The number of nitrogens with one attached hydrogen (secondary N) is 1. The third-order valence-corrected chi connectivity index (χ3v) is 4.10. The molecule has 0 spiro atoms. The van der Waals surface area contributed by atoms with E-state index in [0.29, 0.717) is 18.6 Å². The van der Waals surface area contributed by atoms with Crippen molar-refractivity contribution in [1.29, 1.82) is 0 Å². The van der Waals surface area contributed by atoms with Crippen LogP contribution >= 0.6 is 0 Å². The molecule has 3 aromatic rings. The van der Waals surface area contributed by atoms with Gasteiger partial charge in [0, 0.05) is 24.0 Å². The third-order valence-electron chi connectivity index (χ3n) is 4.10. The van der Waals surface area contributed by atoms with Gasteiger partial charge in [0.05, 0.1) is 0 Å². The molecule has 1 N–H and O–H groups in total. The van der Waals surface area contributed by atoms with E-state index in [-0.39, 0.29) is 18.3 Å². The molecule has 0 atom stereocenters. The zero-order valence-corrected chi connectivity index (χ0v) is 15.1. The number of amides is 1. The number of carbonyl (C=O) groups is 1. The Hall–Kier alpha value is -3.21. The highest BCUT2D eigenvalue weighted by Gasteiger charge is 2.07. The predicted molar refractivity (Wildman–Crippen MR) is 103 cm³/mol. The summed E-state index contributed by atoms with van der Waals surface area (Å²) in [6.07, 6.45) is 2.69. The van der Waals surface area contributed by atoms with Crippen LogP contribution in [0.1, 0.15) is 23.2 Å². The molecule has 5 heteroatoms. The standard InChI is InChI=1S/C22H21FN2O2/c1-16-13-20(27-15-17-5-4-6-18(23)14-17)9-10-21(16)25-22(26)11-8-19-7-2-3-12-24-19/h2-7,9-10,12-14H,8,11,15H2,1H3,(H,25,26). The van der Waals surface area contributed by atoms with Gasteiger partial charge in [-0.15, -0.1) is 0 Å². The van der Waals surface area contributed by atoms with Crippen LogP contribution in [0.25, 0.3) is 0 Å². The Balaban J connectivity index is 1.53. The lowest BCUT2D eigenvalue weighted by molar-refractivity contribution is -0.116. The minimum atomic E-state index is -0.281. The molecule has 1 heterocycles. The molecule has 2 aromatic carbocycles. The number of rotatable bonds is 7. The lowest BCUT2D eigenvalue weighted by atomic mass is 10.1. The van der Waals surface area contributed by atoms with Crippen molar-refractivity contribution in [3.63, 3.8) is 0 Å². The van der Waals surface area contributed by atoms with E-state index in [1.165, 1.54) is 12.1 Å². The maximum Gasteiger partial charge on any atom is 0.224 e. The summed E-state index contributed by atoms with van der Waals surface area (Å²) in [6, 6.07) is 17.4. The fraction of sp³-hybridized carbons (Fsp3) is 0.182. The lowest BCUT2D eigenvalue weighted by Crippen LogP contribution is -2.13. The summed E-state index contributed by atoms with van der Waals surface area (Å²) in [4.78, 5) is 16.4. The van der Waals surface area contributed by atoms with Gasteiger partial charge in [0.15, 0.2) is 0 Å². The second-order valence-corrected chi connectivity index (χ2v) is 6.26. The smallest absolute Gasteiger partial charge is 0.224 e. The molecule has 4 nitrogen and oxygen atoms in total. The number of halogens is 1. The van der Waals surface area contributed by atoms with Crippen LogP contribution in [0.2, 0.25) is 0 Å². The minimum Gasteiger partial charge on any atom is -0.489 e. The van der Waals surface area contributed by atoms with E-state index in [4.69, 9.17) is 4.74 Å². The van der Waals surface area contributed by atoms with Crippen molar-refractivity contribution in [1.82, 2.24) is 4.98 Å². The molecule has 0 bridgehead atoms. The van der Waals surface area contributed by atoms with Crippen molar-refractivity contribution in [2.75, 3.05) is 5.32 Å². The summed E-state index contributed by atoms with van der Waals surface area (Å²) in [5.41, 5.74) is 3.31. The molecule has 0 radical (unpaired) electrons. The first-order chi connectivity index (χ1) is 13.1. The summed E-state index contributed by atoms with van der Waals surface area (Å²) < 4.78 is 18.9. The van der Waals surface area contributed by atoms with E-state index in [9.17, 15) is 9.18 Å². The molecule has 0 aliphatic carbocycles. The molecule has 0 unspecified atom stereocenters. The zero-order valence-electron chi connectivity index (χ0n) is 15.1. The maximum absolute atomic E-state index is 13.2. The SMILES string of the molecule is Cc1cc(OCc2cccc(F)c2)ccc1NC(=O)CCc1ccccn1. The van der Waals surface area contributed by atoms with E-state index in [2.05, 4.69) is 10.3 Å². The molecule has 1 aromatic heterocycles. The minimum absolute atomic E-state index is 0.0582. The van der Waals surface area contributed by atoms with Crippen molar-refractivity contribution in [3.05, 3.63) is 89.5 Å². The first-order valence-electron chi connectivity index (χ1n) is 8.78. The molecule has 138 valence electrons. The number of hydrogen-bond donors (Lipinski definition) is 1. The van der Waals surface area contributed by atoms with Gasteiger partial charge in [0.25, 0.3) is 0 Å². The Morgan fingerprint density at radius 3 is 2.74 bits per heavy atom. The number of pyridine rings is 1. The first kappa shape index (κ1) is 18.6. The fourth-order valence-corrected chi connectivity index (χ4v) is 2.66. The Morgan fingerprint density at radius 2 is 2.00 bits per heavy atom. The average molecular weight is 364 g/mol. The number of benzene rings is 2. The van der Waals surface area contributed by atoms with Gasteiger partial charge in [0.2, 0.25) is 5.91 Å². The molecule has 0 aliphatic rings. The van der Waals surface area contributed by atoms with Crippen LogP contribution in [0.3, 0.4) is 0 Å². The van der Waals surface area contributed by atoms with E-state index < -0.39 is 0 Å². The van der Waals surface area contributed by atoms with Crippen molar-refractivity contribution in [2.24, 2.45) is 0 Å². The predicted octanol–water partition coefficient (Wildman–Crippen LogP) is 4.68. The van der Waals surface area contributed by atoms with Gasteiger partial charge in [0.1, 0.15) is 18.2 Å². The second-order valence-electron chi connectivity index (χ2n) is 6.26. The number of hydrogen-bond acceptors (Lipinski definition) is 3. The quantitative estimate of drug-likeness (QED) is 0.662. The Labute approximate surface area is 158 Å². The molecule has 27 heavy (non-hydrogen) atoms. The maximum atomic E-state index is 13.2. The third kappa shape index (κ3) is 5.64. The van der Waals surface area contributed by atoms with Crippen LogP contribution in [0.5, 0.6) is 5.75 Å². The summed E-state index contributed by atoms with van der Waals surface area (Å²) in [6.45, 7) is 2.19.